The fourth-order valence-electron chi connectivity index (χ4n) is 2.40. The third-order valence-electron chi connectivity index (χ3n) is 3.32. The van der Waals surface area contributed by atoms with E-state index in [4.69, 9.17) is 4.74 Å². The van der Waals surface area contributed by atoms with Gasteiger partial charge in [-0.15, -0.1) is 0 Å². The number of aryl methyl sites for hydroxylation is 1. The van der Waals surface area contributed by atoms with E-state index < -0.39 is 29.4 Å². The van der Waals surface area contributed by atoms with Crippen LogP contribution in [0.15, 0.2) is 30.7 Å². The molecule has 1 aromatic carbocycles. The van der Waals surface area contributed by atoms with Crippen LogP contribution in [0.25, 0.3) is 0 Å². The van der Waals surface area contributed by atoms with E-state index in [-0.39, 0.29) is 6.42 Å². The van der Waals surface area contributed by atoms with Gasteiger partial charge in [0.1, 0.15) is 23.6 Å². The molecule has 2 rings (SSSR count). The Labute approximate surface area is 145 Å². The second-order valence-corrected chi connectivity index (χ2v) is 6.77. The average molecular weight is 349 g/mol. The second-order valence-electron chi connectivity index (χ2n) is 6.77. The topological polar surface area (TPSA) is 64.1 Å². The predicted octanol–water partition coefficient (Wildman–Crippen LogP) is 3.87. The molecule has 134 valence electrons. The maximum Gasteiger partial charge on any atom is 0.408 e. The van der Waals surface area contributed by atoms with E-state index in [2.05, 4.69) is 15.3 Å². The van der Waals surface area contributed by atoms with Crippen LogP contribution in [0.5, 0.6) is 0 Å². The first-order valence-electron chi connectivity index (χ1n) is 7.85. The molecule has 0 bridgehead atoms. The van der Waals surface area contributed by atoms with Gasteiger partial charge in [-0.1, -0.05) is 0 Å². The number of aromatic nitrogens is 2. The summed E-state index contributed by atoms with van der Waals surface area (Å²) in [6.07, 6.45) is 2.50. The van der Waals surface area contributed by atoms with Gasteiger partial charge in [0.2, 0.25) is 0 Å². The van der Waals surface area contributed by atoms with Crippen LogP contribution in [-0.2, 0) is 11.2 Å². The van der Waals surface area contributed by atoms with E-state index in [0.29, 0.717) is 11.3 Å². The normalized spacial score (nSPS) is 12.6. The molecule has 2 aromatic rings. The van der Waals surface area contributed by atoms with Crippen molar-refractivity contribution in [1.29, 1.82) is 0 Å². The molecule has 0 aliphatic carbocycles. The Morgan fingerprint density at radius 1 is 1.24 bits per heavy atom. The number of nitrogens with one attached hydrogen (secondary N) is 1. The molecule has 0 fully saturated rings. The number of alkyl carbamates (subject to hydrolysis) is 1. The molecule has 25 heavy (non-hydrogen) atoms. The summed E-state index contributed by atoms with van der Waals surface area (Å²) in [6.45, 7) is 7.05. The molecule has 1 atom stereocenters. The molecule has 0 radical (unpaired) electrons. The molecule has 1 unspecified atom stereocenters. The largest absolute Gasteiger partial charge is 0.444 e. The van der Waals surface area contributed by atoms with Gasteiger partial charge in [-0.05, 0) is 57.4 Å². The van der Waals surface area contributed by atoms with Gasteiger partial charge in [-0.3, -0.25) is 0 Å². The lowest BCUT2D eigenvalue weighted by atomic mass is 10.0. The quantitative estimate of drug-likeness (QED) is 0.910. The fraction of sp³-hybridized carbons (Fsp3) is 0.389. The number of rotatable bonds is 4. The van der Waals surface area contributed by atoms with Gasteiger partial charge in [0.15, 0.2) is 0 Å². The maximum absolute atomic E-state index is 13.5. The van der Waals surface area contributed by atoms with Gasteiger partial charge in [0.25, 0.3) is 0 Å². The van der Waals surface area contributed by atoms with Gasteiger partial charge < -0.3 is 10.1 Å². The SMILES string of the molecule is Cc1cncnc1C(Cc1cc(F)cc(F)c1)NC(=O)OC(C)(C)C. The molecule has 1 heterocycles. The van der Waals surface area contributed by atoms with Crippen LogP contribution in [0, 0.1) is 18.6 Å². The highest BCUT2D eigenvalue weighted by atomic mass is 19.1. The van der Waals surface area contributed by atoms with Gasteiger partial charge >= 0.3 is 6.09 Å². The molecule has 1 N–H and O–H groups in total. The van der Waals surface area contributed by atoms with Crippen molar-refractivity contribution in [3.05, 3.63) is 59.2 Å². The number of hydrogen-bond acceptors (Lipinski definition) is 4. The maximum atomic E-state index is 13.5. The second kappa shape index (κ2) is 7.55. The molecule has 0 spiro atoms. The summed E-state index contributed by atoms with van der Waals surface area (Å²) in [4.78, 5) is 20.3. The van der Waals surface area contributed by atoms with E-state index in [1.807, 2.05) is 0 Å². The van der Waals surface area contributed by atoms with Crippen molar-refractivity contribution in [3.8, 4) is 0 Å². The summed E-state index contributed by atoms with van der Waals surface area (Å²) in [6, 6.07) is 2.64. The third kappa shape index (κ3) is 5.77. The van der Waals surface area contributed by atoms with Crippen LogP contribution in [0.4, 0.5) is 13.6 Å². The number of nitrogens with zero attached hydrogens (tertiary/aromatic N) is 2. The number of carbonyl (C=O) groups is 1. The molecule has 0 aliphatic heterocycles. The van der Waals surface area contributed by atoms with Crippen molar-refractivity contribution >= 4 is 6.09 Å². The standard InChI is InChI=1S/C18H21F2N3O2/c1-11-9-21-10-22-16(11)15(23-17(24)25-18(2,3)4)7-12-5-13(19)8-14(20)6-12/h5-6,8-10,15H,7H2,1-4H3,(H,23,24). The van der Waals surface area contributed by atoms with E-state index in [0.717, 1.165) is 11.6 Å². The first-order valence-corrected chi connectivity index (χ1v) is 7.85. The van der Waals surface area contributed by atoms with Gasteiger partial charge in [-0.25, -0.2) is 23.5 Å². The lowest BCUT2D eigenvalue weighted by Crippen LogP contribution is -2.36. The van der Waals surface area contributed by atoms with Crippen LogP contribution >= 0.6 is 0 Å². The Balaban J connectivity index is 2.29. The lowest BCUT2D eigenvalue weighted by molar-refractivity contribution is 0.0502. The molecular formula is C18H21F2N3O2. The summed E-state index contributed by atoms with van der Waals surface area (Å²) in [5.74, 6) is -1.35. The van der Waals surface area contributed by atoms with Crippen molar-refractivity contribution in [1.82, 2.24) is 15.3 Å². The highest BCUT2D eigenvalue weighted by molar-refractivity contribution is 5.68. The van der Waals surface area contributed by atoms with Crippen molar-refractivity contribution in [3.63, 3.8) is 0 Å². The van der Waals surface area contributed by atoms with Crippen molar-refractivity contribution in [2.45, 2.75) is 45.8 Å². The van der Waals surface area contributed by atoms with Crippen molar-refractivity contribution in [2.75, 3.05) is 0 Å². The Kier molecular flexibility index (Phi) is 5.66. The first-order chi connectivity index (χ1) is 11.6. The Morgan fingerprint density at radius 3 is 2.44 bits per heavy atom. The van der Waals surface area contributed by atoms with Crippen LogP contribution in [0.1, 0.15) is 43.6 Å². The zero-order valence-corrected chi connectivity index (χ0v) is 14.6. The highest BCUT2D eigenvalue weighted by Crippen LogP contribution is 2.21. The predicted molar refractivity (Wildman–Crippen MR) is 88.9 cm³/mol. The molecule has 1 amide bonds. The molecule has 1 aromatic heterocycles. The Hall–Kier alpha value is -2.57. The Bertz CT molecular complexity index is 740. The van der Waals surface area contributed by atoms with Gasteiger partial charge in [0, 0.05) is 12.3 Å². The lowest BCUT2D eigenvalue weighted by Gasteiger charge is -2.24. The average Bonchev–Trinajstić information content (AvgIpc) is 2.44. The zero-order valence-electron chi connectivity index (χ0n) is 14.6. The summed E-state index contributed by atoms with van der Waals surface area (Å²) in [5.41, 5.74) is 1.04. The monoisotopic (exact) mass is 349 g/mol. The van der Waals surface area contributed by atoms with Crippen molar-refractivity contribution < 1.29 is 18.3 Å². The van der Waals surface area contributed by atoms with Crippen LogP contribution in [0.2, 0.25) is 0 Å². The van der Waals surface area contributed by atoms with Gasteiger partial charge in [0.05, 0.1) is 11.7 Å². The highest BCUT2D eigenvalue weighted by Gasteiger charge is 2.23. The van der Waals surface area contributed by atoms with Crippen LogP contribution in [0.3, 0.4) is 0 Å². The number of ether oxygens (including phenoxy) is 1. The zero-order chi connectivity index (χ0) is 18.6. The van der Waals surface area contributed by atoms with Gasteiger partial charge in [-0.2, -0.15) is 0 Å². The first kappa shape index (κ1) is 18.8. The smallest absolute Gasteiger partial charge is 0.408 e. The molecule has 7 heteroatoms. The van der Waals surface area contributed by atoms with E-state index >= 15 is 0 Å². The molecule has 0 saturated carbocycles. The fourth-order valence-corrected chi connectivity index (χ4v) is 2.40. The minimum atomic E-state index is -0.676. The molecular weight excluding hydrogens is 328 g/mol. The third-order valence-corrected chi connectivity index (χ3v) is 3.32. The summed E-state index contributed by atoms with van der Waals surface area (Å²) >= 11 is 0. The molecule has 0 aliphatic rings. The van der Waals surface area contributed by atoms with Crippen LogP contribution < -0.4 is 5.32 Å². The van der Waals surface area contributed by atoms with Crippen molar-refractivity contribution in [2.24, 2.45) is 0 Å². The Morgan fingerprint density at radius 2 is 1.88 bits per heavy atom. The summed E-state index contributed by atoms with van der Waals surface area (Å²) in [5, 5.41) is 2.72. The van der Waals surface area contributed by atoms with Crippen LogP contribution in [-0.4, -0.2) is 21.7 Å². The number of hydrogen-bond donors (Lipinski definition) is 1. The number of halogens is 2. The van der Waals surface area contributed by atoms with E-state index in [9.17, 15) is 13.6 Å². The van der Waals surface area contributed by atoms with E-state index in [1.165, 1.54) is 18.5 Å². The summed E-state index contributed by atoms with van der Waals surface area (Å²) in [7, 11) is 0. The number of carbonyl (C=O) groups excluding carboxylic acids is 1. The number of benzene rings is 1. The van der Waals surface area contributed by atoms with E-state index in [1.54, 1.807) is 33.9 Å². The molecule has 0 saturated heterocycles. The number of amides is 1. The molecule has 5 nitrogen and oxygen atoms in total. The summed E-state index contributed by atoms with van der Waals surface area (Å²) < 4.78 is 32.2. The minimum Gasteiger partial charge on any atom is -0.444 e. The minimum absolute atomic E-state index is 0.159.